The number of aromatic nitrogens is 3. The van der Waals surface area contributed by atoms with Crippen LogP contribution in [0.25, 0.3) is 11.0 Å². The van der Waals surface area contributed by atoms with Crippen molar-refractivity contribution in [2.75, 3.05) is 0 Å². The van der Waals surface area contributed by atoms with Crippen molar-refractivity contribution in [2.45, 2.75) is 33.4 Å². The number of hydrogen-bond donors (Lipinski definition) is 0. The van der Waals surface area contributed by atoms with Gasteiger partial charge in [0.25, 0.3) is 0 Å². The van der Waals surface area contributed by atoms with Crippen molar-refractivity contribution in [3.8, 4) is 0 Å². The Hall–Kier alpha value is -2.77. The molecule has 0 saturated carbocycles. The highest BCUT2D eigenvalue weighted by molar-refractivity contribution is 5.91. The molecule has 0 saturated heterocycles. The molecule has 0 amide bonds. The second-order valence-corrected chi connectivity index (χ2v) is 5.35. The quantitative estimate of drug-likeness (QED) is 0.675. The average molecular weight is 335 g/mol. The number of benzene rings is 1. The fraction of sp³-hybridized carbons (Fsp3) is 0.312. The Bertz CT molecular complexity index is 882. The molecule has 0 radical (unpaired) electrons. The first-order valence-corrected chi connectivity index (χ1v) is 7.29. The van der Waals surface area contributed by atoms with Gasteiger partial charge in [0.2, 0.25) is 0 Å². The molecule has 8 heteroatoms. The molecule has 24 heavy (non-hydrogen) atoms. The van der Waals surface area contributed by atoms with Gasteiger partial charge in [-0.3, -0.25) is 4.57 Å². The van der Waals surface area contributed by atoms with Crippen molar-refractivity contribution in [3.63, 3.8) is 0 Å². The van der Waals surface area contributed by atoms with Crippen LogP contribution >= 0.6 is 0 Å². The Labute approximate surface area is 136 Å². The van der Waals surface area contributed by atoms with Gasteiger partial charge in [0.15, 0.2) is 11.9 Å². The first-order chi connectivity index (χ1) is 11.4. The number of aryl methyl sites for hydroxylation is 2. The summed E-state index contributed by atoms with van der Waals surface area (Å²) < 4.78 is 37.9. The number of alkyl halides is 2. The number of carbonyl (C=O) groups is 1. The normalized spacial score (nSPS) is 12.8. The van der Waals surface area contributed by atoms with E-state index in [-0.39, 0.29) is 16.9 Å². The van der Waals surface area contributed by atoms with Crippen LogP contribution in [0.4, 0.5) is 8.78 Å². The van der Waals surface area contributed by atoms with Gasteiger partial charge >= 0.3 is 12.5 Å². The number of imidazole rings is 1. The lowest BCUT2D eigenvalue weighted by Crippen LogP contribution is -2.15. The van der Waals surface area contributed by atoms with Crippen molar-refractivity contribution >= 4 is 17.0 Å². The third-order valence-corrected chi connectivity index (χ3v) is 3.70. The van der Waals surface area contributed by atoms with Crippen LogP contribution < -0.4 is 0 Å². The largest absolute Gasteiger partial charge is 0.451 e. The molecule has 1 aromatic carbocycles. The molecule has 1 unspecified atom stereocenters. The maximum absolute atomic E-state index is 13.4. The van der Waals surface area contributed by atoms with E-state index in [0.29, 0.717) is 17.0 Å². The summed E-state index contributed by atoms with van der Waals surface area (Å²) in [7, 11) is 0. The molecule has 0 spiro atoms. The van der Waals surface area contributed by atoms with Crippen LogP contribution in [0.2, 0.25) is 0 Å². The molecule has 1 atom stereocenters. The molecule has 0 aliphatic carbocycles. The van der Waals surface area contributed by atoms with Gasteiger partial charge in [0.1, 0.15) is 11.3 Å². The monoisotopic (exact) mass is 335 g/mol. The summed E-state index contributed by atoms with van der Waals surface area (Å²) in [5.74, 6) is -0.398. The second kappa shape index (κ2) is 6.03. The highest BCUT2D eigenvalue weighted by Gasteiger charge is 2.27. The molecule has 126 valence electrons. The zero-order chi connectivity index (χ0) is 17.4. The Morgan fingerprint density at radius 3 is 2.62 bits per heavy atom. The molecule has 0 aliphatic heterocycles. The Morgan fingerprint density at radius 2 is 2.00 bits per heavy atom. The minimum absolute atomic E-state index is 0.0219. The van der Waals surface area contributed by atoms with Crippen molar-refractivity contribution in [1.29, 1.82) is 0 Å². The van der Waals surface area contributed by atoms with E-state index < -0.39 is 18.6 Å². The summed E-state index contributed by atoms with van der Waals surface area (Å²) in [6.45, 7) is 1.88. The summed E-state index contributed by atoms with van der Waals surface area (Å²) in [5, 5.41) is 3.68. The van der Waals surface area contributed by atoms with E-state index >= 15 is 0 Å². The third kappa shape index (κ3) is 2.64. The molecule has 2 heterocycles. The van der Waals surface area contributed by atoms with Gasteiger partial charge in [-0.15, -0.1) is 0 Å². The van der Waals surface area contributed by atoms with E-state index in [1.165, 1.54) is 6.92 Å². The maximum Gasteiger partial charge on any atom is 0.344 e. The summed E-state index contributed by atoms with van der Waals surface area (Å²) in [6.07, 6.45) is -0.965. The van der Waals surface area contributed by atoms with E-state index in [9.17, 15) is 13.6 Å². The van der Waals surface area contributed by atoms with Crippen LogP contribution in [-0.2, 0) is 4.74 Å². The second-order valence-electron chi connectivity index (χ2n) is 5.35. The molecule has 0 bridgehead atoms. The number of para-hydroxylation sites is 2. The first-order valence-electron chi connectivity index (χ1n) is 7.29. The maximum atomic E-state index is 13.4. The standard InChI is InChI=1S/C16H15F2N3O3/c1-8-13(9(2)24-20-8)15(22)23-10(3)14-19-11-6-4-5-7-12(11)21(14)16(17)18/h4-7,10,16H,1-3H3. The van der Waals surface area contributed by atoms with Crippen LogP contribution in [0.3, 0.4) is 0 Å². The molecule has 3 aromatic rings. The average Bonchev–Trinajstić information content (AvgIpc) is 3.07. The minimum atomic E-state index is -2.80. The molecule has 3 rings (SSSR count). The molecule has 6 nitrogen and oxygen atoms in total. The summed E-state index contributed by atoms with van der Waals surface area (Å²) in [6, 6.07) is 6.52. The van der Waals surface area contributed by atoms with Crippen LogP contribution in [0.15, 0.2) is 28.8 Å². The van der Waals surface area contributed by atoms with E-state index in [1.807, 2.05) is 0 Å². The van der Waals surface area contributed by atoms with Gasteiger partial charge in [-0.25, -0.2) is 9.78 Å². The number of nitrogens with zero attached hydrogens (tertiary/aromatic N) is 3. The summed E-state index contributed by atoms with van der Waals surface area (Å²) >= 11 is 0. The topological polar surface area (TPSA) is 70.2 Å². The molecule has 0 N–H and O–H groups in total. The predicted molar refractivity (Wildman–Crippen MR) is 80.8 cm³/mol. The first kappa shape index (κ1) is 16.1. The third-order valence-electron chi connectivity index (χ3n) is 3.70. The van der Waals surface area contributed by atoms with Gasteiger partial charge < -0.3 is 9.26 Å². The smallest absolute Gasteiger partial charge is 0.344 e. The Morgan fingerprint density at radius 1 is 1.29 bits per heavy atom. The van der Waals surface area contributed by atoms with Crippen LogP contribution in [0.1, 0.15) is 47.2 Å². The van der Waals surface area contributed by atoms with E-state index in [0.717, 1.165) is 4.57 Å². The van der Waals surface area contributed by atoms with Gasteiger partial charge in [-0.05, 0) is 32.9 Å². The number of ether oxygens (including phenoxy) is 1. The number of hydrogen-bond acceptors (Lipinski definition) is 5. The van der Waals surface area contributed by atoms with Crippen LogP contribution in [-0.4, -0.2) is 20.7 Å². The number of esters is 1. The number of halogens is 2. The summed E-state index contributed by atoms with van der Waals surface area (Å²) in [5.41, 5.74) is 1.27. The SMILES string of the molecule is Cc1noc(C)c1C(=O)OC(C)c1nc2ccccc2n1C(F)F. The van der Waals surface area contributed by atoms with Gasteiger partial charge in [-0.1, -0.05) is 17.3 Å². The summed E-state index contributed by atoms with van der Waals surface area (Å²) in [4.78, 5) is 16.5. The van der Waals surface area contributed by atoms with Crippen molar-refractivity contribution in [1.82, 2.24) is 14.7 Å². The predicted octanol–water partition coefficient (Wildman–Crippen LogP) is 3.95. The van der Waals surface area contributed by atoms with Gasteiger partial charge in [-0.2, -0.15) is 8.78 Å². The lowest BCUT2D eigenvalue weighted by molar-refractivity contribution is 0.0231. The zero-order valence-corrected chi connectivity index (χ0v) is 13.3. The lowest BCUT2D eigenvalue weighted by Gasteiger charge is -2.15. The van der Waals surface area contributed by atoms with E-state index in [1.54, 1.807) is 38.1 Å². The fourth-order valence-electron chi connectivity index (χ4n) is 2.60. The van der Waals surface area contributed by atoms with E-state index in [4.69, 9.17) is 9.26 Å². The zero-order valence-electron chi connectivity index (χ0n) is 13.3. The van der Waals surface area contributed by atoms with Gasteiger partial charge in [0.05, 0.1) is 16.7 Å². The van der Waals surface area contributed by atoms with E-state index in [2.05, 4.69) is 10.1 Å². The molecular weight excluding hydrogens is 320 g/mol. The van der Waals surface area contributed by atoms with Crippen LogP contribution in [0.5, 0.6) is 0 Å². The number of fused-ring (bicyclic) bond motifs is 1. The number of carbonyl (C=O) groups excluding carboxylic acids is 1. The van der Waals surface area contributed by atoms with Crippen molar-refractivity contribution in [2.24, 2.45) is 0 Å². The molecule has 0 fully saturated rings. The van der Waals surface area contributed by atoms with Crippen LogP contribution in [0, 0.1) is 13.8 Å². The highest BCUT2D eigenvalue weighted by atomic mass is 19.3. The van der Waals surface area contributed by atoms with Gasteiger partial charge in [0, 0.05) is 0 Å². The Balaban J connectivity index is 1.96. The highest BCUT2D eigenvalue weighted by Crippen LogP contribution is 2.29. The molecule has 0 aliphatic rings. The lowest BCUT2D eigenvalue weighted by atomic mass is 10.2. The molecule has 2 aromatic heterocycles. The van der Waals surface area contributed by atoms with Crippen molar-refractivity contribution in [3.05, 3.63) is 47.1 Å². The fourth-order valence-corrected chi connectivity index (χ4v) is 2.60. The van der Waals surface area contributed by atoms with Crippen molar-refractivity contribution < 1.29 is 22.8 Å². The molecular formula is C16H15F2N3O3. The minimum Gasteiger partial charge on any atom is -0.451 e. The number of rotatable bonds is 4. The Kier molecular flexibility index (Phi) is 4.04.